The van der Waals surface area contributed by atoms with Crippen LogP contribution < -0.4 is 9.47 Å². The van der Waals surface area contributed by atoms with E-state index in [0.29, 0.717) is 17.1 Å². The number of nitrogens with zero attached hydrogens (tertiary/aromatic N) is 1. The van der Waals surface area contributed by atoms with Gasteiger partial charge in [0, 0.05) is 7.05 Å². The van der Waals surface area contributed by atoms with E-state index in [0.717, 1.165) is 12.8 Å². The van der Waals surface area contributed by atoms with Gasteiger partial charge in [-0.2, -0.15) is 0 Å². The summed E-state index contributed by atoms with van der Waals surface area (Å²) in [7, 11) is 5.02. The molecule has 1 aliphatic carbocycles. The molecule has 1 unspecified atom stereocenters. The van der Waals surface area contributed by atoms with Gasteiger partial charge in [-0.1, -0.05) is 24.3 Å². The molecule has 1 amide bonds. The molecule has 0 bridgehead atoms. The van der Waals surface area contributed by atoms with Gasteiger partial charge in [-0.3, -0.25) is 4.79 Å². The number of ether oxygens (including phenoxy) is 2. The number of benzene rings is 2. The third-order valence-corrected chi connectivity index (χ3v) is 4.53. The zero-order valence-electron chi connectivity index (χ0n) is 13.7. The average molecular weight is 311 g/mol. The maximum Gasteiger partial charge on any atom is 0.258 e. The summed E-state index contributed by atoms with van der Waals surface area (Å²) in [5.74, 6) is 1.16. The monoisotopic (exact) mass is 311 g/mol. The molecule has 2 aromatic carbocycles. The number of fused-ring (bicyclic) bond motifs is 1. The number of methoxy groups -OCH3 is 2. The number of amides is 1. The maximum atomic E-state index is 13.0. The van der Waals surface area contributed by atoms with Gasteiger partial charge in [0.2, 0.25) is 0 Å². The molecular weight excluding hydrogens is 290 g/mol. The summed E-state index contributed by atoms with van der Waals surface area (Å²) in [6.45, 7) is 0. The van der Waals surface area contributed by atoms with Gasteiger partial charge in [0.15, 0.2) is 0 Å². The standard InChI is InChI=1S/C19H21NO3/c1-20(17-10-8-13-6-4-5-7-15(13)17)19(21)16-12-14(22-2)9-11-18(16)23-3/h4-7,9,11-12,17H,8,10H2,1-3H3. The molecule has 0 aliphatic heterocycles. The Balaban J connectivity index is 1.92. The topological polar surface area (TPSA) is 38.8 Å². The summed E-state index contributed by atoms with van der Waals surface area (Å²) >= 11 is 0. The molecule has 1 atom stereocenters. The largest absolute Gasteiger partial charge is 0.497 e. The molecule has 0 fully saturated rings. The van der Waals surface area contributed by atoms with Crippen LogP contribution in [0.5, 0.6) is 11.5 Å². The molecule has 120 valence electrons. The zero-order chi connectivity index (χ0) is 16.4. The van der Waals surface area contributed by atoms with E-state index in [9.17, 15) is 4.79 Å². The highest BCUT2D eigenvalue weighted by atomic mass is 16.5. The number of hydrogen-bond acceptors (Lipinski definition) is 3. The Labute approximate surface area is 136 Å². The summed E-state index contributed by atoms with van der Waals surface area (Å²) in [5, 5.41) is 0. The second kappa shape index (κ2) is 6.32. The predicted molar refractivity (Wildman–Crippen MR) is 89.1 cm³/mol. The van der Waals surface area contributed by atoms with Crippen molar-refractivity contribution in [2.45, 2.75) is 18.9 Å². The first-order valence-corrected chi connectivity index (χ1v) is 7.72. The third-order valence-electron chi connectivity index (χ3n) is 4.53. The van der Waals surface area contributed by atoms with E-state index in [4.69, 9.17) is 9.47 Å². The van der Waals surface area contributed by atoms with E-state index in [1.807, 2.05) is 24.1 Å². The van der Waals surface area contributed by atoms with Gasteiger partial charge < -0.3 is 14.4 Å². The number of carbonyl (C=O) groups is 1. The lowest BCUT2D eigenvalue weighted by atomic mass is 10.1. The molecule has 0 spiro atoms. The van der Waals surface area contributed by atoms with Crippen LogP contribution in [0, 0.1) is 0 Å². The second-order valence-corrected chi connectivity index (χ2v) is 5.74. The zero-order valence-corrected chi connectivity index (χ0v) is 13.7. The Morgan fingerprint density at radius 3 is 2.65 bits per heavy atom. The number of hydrogen-bond donors (Lipinski definition) is 0. The number of carbonyl (C=O) groups excluding carboxylic acids is 1. The Hall–Kier alpha value is -2.49. The molecule has 0 heterocycles. The van der Waals surface area contributed by atoms with Gasteiger partial charge in [0.05, 0.1) is 25.8 Å². The summed E-state index contributed by atoms with van der Waals surface area (Å²) in [4.78, 5) is 14.8. The highest BCUT2D eigenvalue weighted by Crippen LogP contribution is 2.36. The molecule has 0 saturated heterocycles. The van der Waals surface area contributed by atoms with Crippen molar-refractivity contribution in [3.05, 3.63) is 59.2 Å². The molecular formula is C19H21NO3. The van der Waals surface area contributed by atoms with Gasteiger partial charge in [0.25, 0.3) is 5.91 Å². The molecule has 23 heavy (non-hydrogen) atoms. The highest BCUT2D eigenvalue weighted by molar-refractivity contribution is 5.97. The van der Waals surface area contributed by atoms with Crippen molar-refractivity contribution in [1.29, 1.82) is 0 Å². The van der Waals surface area contributed by atoms with Crippen LogP contribution in [0.1, 0.15) is 33.9 Å². The van der Waals surface area contributed by atoms with Crippen molar-refractivity contribution < 1.29 is 14.3 Å². The van der Waals surface area contributed by atoms with Gasteiger partial charge in [-0.25, -0.2) is 0 Å². The summed E-state index contributed by atoms with van der Waals surface area (Å²) < 4.78 is 10.6. The van der Waals surface area contributed by atoms with Gasteiger partial charge in [0.1, 0.15) is 11.5 Å². The van der Waals surface area contributed by atoms with Crippen LogP contribution in [0.2, 0.25) is 0 Å². The van der Waals surface area contributed by atoms with E-state index in [1.165, 1.54) is 11.1 Å². The Kier molecular flexibility index (Phi) is 4.24. The van der Waals surface area contributed by atoms with Crippen molar-refractivity contribution >= 4 is 5.91 Å². The van der Waals surface area contributed by atoms with E-state index in [-0.39, 0.29) is 11.9 Å². The lowest BCUT2D eigenvalue weighted by Gasteiger charge is -2.26. The van der Waals surface area contributed by atoms with Crippen LogP contribution in [0.4, 0.5) is 0 Å². The lowest BCUT2D eigenvalue weighted by Crippen LogP contribution is -2.30. The van der Waals surface area contributed by atoms with Gasteiger partial charge in [-0.15, -0.1) is 0 Å². The number of aryl methyl sites for hydroxylation is 1. The minimum atomic E-state index is -0.0533. The lowest BCUT2D eigenvalue weighted by molar-refractivity contribution is 0.0727. The minimum absolute atomic E-state index is 0.0533. The second-order valence-electron chi connectivity index (χ2n) is 5.74. The van der Waals surface area contributed by atoms with E-state index >= 15 is 0 Å². The summed E-state index contributed by atoms with van der Waals surface area (Å²) in [5.41, 5.74) is 3.10. The van der Waals surface area contributed by atoms with Crippen LogP contribution in [-0.4, -0.2) is 32.1 Å². The van der Waals surface area contributed by atoms with Crippen LogP contribution in [-0.2, 0) is 6.42 Å². The van der Waals surface area contributed by atoms with Gasteiger partial charge in [-0.05, 0) is 42.2 Å². The normalized spacial score (nSPS) is 15.9. The molecule has 4 heteroatoms. The fourth-order valence-corrected chi connectivity index (χ4v) is 3.25. The van der Waals surface area contributed by atoms with Crippen LogP contribution in [0.3, 0.4) is 0 Å². The van der Waals surface area contributed by atoms with Crippen LogP contribution in [0.25, 0.3) is 0 Å². The van der Waals surface area contributed by atoms with E-state index < -0.39 is 0 Å². The summed E-state index contributed by atoms with van der Waals surface area (Å²) in [6, 6.07) is 13.7. The fraction of sp³-hybridized carbons (Fsp3) is 0.316. The molecule has 1 aliphatic rings. The maximum absolute atomic E-state index is 13.0. The van der Waals surface area contributed by atoms with E-state index in [2.05, 4.69) is 12.1 Å². The Bertz CT molecular complexity index is 726. The molecule has 2 aromatic rings. The smallest absolute Gasteiger partial charge is 0.258 e. The Morgan fingerprint density at radius 2 is 1.91 bits per heavy atom. The molecule has 0 saturated carbocycles. The Morgan fingerprint density at radius 1 is 1.13 bits per heavy atom. The van der Waals surface area contributed by atoms with Crippen LogP contribution in [0.15, 0.2) is 42.5 Å². The third kappa shape index (κ3) is 2.77. The first-order chi connectivity index (χ1) is 11.2. The fourth-order valence-electron chi connectivity index (χ4n) is 3.25. The van der Waals surface area contributed by atoms with Crippen LogP contribution >= 0.6 is 0 Å². The summed E-state index contributed by atoms with van der Waals surface area (Å²) in [6.07, 6.45) is 1.96. The highest BCUT2D eigenvalue weighted by Gasteiger charge is 2.30. The SMILES string of the molecule is COc1ccc(OC)c(C(=O)N(C)C2CCc3ccccc32)c1. The van der Waals surface area contributed by atoms with Crippen molar-refractivity contribution in [3.8, 4) is 11.5 Å². The first kappa shape index (κ1) is 15.4. The van der Waals surface area contributed by atoms with Gasteiger partial charge >= 0.3 is 0 Å². The van der Waals surface area contributed by atoms with E-state index in [1.54, 1.807) is 32.4 Å². The molecule has 3 rings (SSSR count). The van der Waals surface area contributed by atoms with Crippen molar-refractivity contribution in [1.82, 2.24) is 4.90 Å². The molecule has 0 N–H and O–H groups in total. The number of rotatable bonds is 4. The predicted octanol–water partition coefficient (Wildman–Crippen LogP) is 3.46. The molecule has 0 aromatic heterocycles. The van der Waals surface area contributed by atoms with Crippen molar-refractivity contribution in [3.63, 3.8) is 0 Å². The average Bonchev–Trinajstić information content (AvgIpc) is 3.04. The molecule has 4 nitrogen and oxygen atoms in total. The molecule has 0 radical (unpaired) electrons. The first-order valence-electron chi connectivity index (χ1n) is 7.72. The quantitative estimate of drug-likeness (QED) is 0.868. The minimum Gasteiger partial charge on any atom is -0.497 e. The van der Waals surface area contributed by atoms with Crippen molar-refractivity contribution in [2.75, 3.05) is 21.3 Å². The van der Waals surface area contributed by atoms with Crippen molar-refractivity contribution in [2.24, 2.45) is 0 Å².